The van der Waals surface area contributed by atoms with Crippen molar-refractivity contribution in [3.63, 3.8) is 0 Å². The van der Waals surface area contributed by atoms with Gasteiger partial charge < -0.3 is 30.7 Å². The topological polar surface area (TPSA) is 158 Å². The zero-order valence-corrected chi connectivity index (χ0v) is 18.3. The molecule has 0 spiro atoms. The lowest BCUT2D eigenvalue weighted by molar-refractivity contribution is -0.124. The molecule has 1 aromatic carbocycles. The summed E-state index contributed by atoms with van der Waals surface area (Å²) in [4.78, 5) is 41.0. The van der Waals surface area contributed by atoms with Crippen molar-refractivity contribution in [1.29, 1.82) is 0 Å². The summed E-state index contributed by atoms with van der Waals surface area (Å²) < 4.78 is 5.19. The Balaban J connectivity index is 2.00. The molecule has 0 unspecified atom stereocenters. The highest BCUT2D eigenvalue weighted by atomic mass is 32.2. The first-order valence-electron chi connectivity index (χ1n) is 9.18. The maximum atomic E-state index is 12.7. The van der Waals surface area contributed by atoms with Gasteiger partial charge in [0.05, 0.1) is 11.6 Å². The van der Waals surface area contributed by atoms with Crippen LogP contribution in [0.15, 0.2) is 11.4 Å². The van der Waals surface area contributed by atoms with Gasteiger partial charge in [0.2, 0.25) is 5.91 Å². The standard InChI is InChI=1S/C19H21N3O7S2/c1-8-5-31-17(20-8)12-7-30-6-10-14(24)3-13(23)9(2)15(10)18(26)29-4-11(16(25)21-12)22-19(27)28/h3,5,11-12,22-24H,4,6-7H2,1-2H3,(H,21,25)(H,27,28)/t11-,12+/m0/s1. The van der Waals surface area contributed by atoms with Gasteiger partial charge in [0.25, 0.3) is 0 Å². The number of carboxylic acid groups (broad SMARTS) is 1. The third-order valence-electron chi connectivity index (χ3n) is 4.63. The average Bonchev–Trinajstić information content (AvgIpc) is 3.13. The van der Waals surface area contributed by atoms with E-state index in [4.69, 9.17) is 9.84 Å². The Bertz CT molecular complexity index is 1020. The van der Waals surface area contributed by atoms with Crippen LogP contribution in [0.2, 0.25) is 0 Å². The molecule has 1 aliphatic heterocycles. The molecule has 2 aromatic rings. The number of nitrogens with one attached hydrogen (secondary N) is 2. The summed E-state index contributed by atoms with van der Waals surface area (Å²) in [5.41, 5.74) is 1.28. The molecular weight excluding hydrogens is 446 g/mol. The van der Waals surface area contributed by atoms with Gasteiger partial charge in [-0.3, -0.25) is 4.79 Å². The third-order valence-corrected chi connectivity index (χ3v) is 6.76. The molecule has 3 rings (SSSR count). The zero-order chi connectivity index (χ0) is 22.7. The number of phenolic OH excluding ortho intramolecular Hbond substituents is 2. The average molecular weight is 468 g/mol. The van der Waals surface area contributed by atoms with Gasteiger partial charge in [-0.25, -0.2) is 14.6 Å². The van der Waals surface area contributed by atoms with Crippen molar-refractivity contribution in [2.45, 2.75) is 31.7 Å². The Morgan fingerprint density at radius 2 is 2.03 bits per heavy atom. The quantitative estimate of drug-likeness (QED) is 0.417. The van der Waals surface area contributed by atoms with E-state index in [-0.39, 0.29) is 33.9 Å². The number of hydrogen-bond acceptors (Lipinski definition) is 9. The van der Waals surface area contributed by atoms with Crippen LogP contribution in [0, 0.1) is 13.8 Å². The van der Waals surface area contributed by atoms with Crippen molar-refractivity contribution in [2.24, 2.45) is 0 Å². The van der Waals surface area contributed by atoms with Crippen LogP contribution in [0.5, 0.6) is 11.5 Å². The highest BCUT2D eigenvalue weighted by Gasteiger charge is 2.30. The zero-order valence-electron chi connectivity index (χ0n) is 16.7. The molecular formula is C19H21N3O7S2. The maximum absolute atomic E-state index is 12.7. The number of phenols is 2. The number of aromatic nitrogens is 1. The van der Waals surface area contributed by atoms with Gasteiger partial charge in [-0.15, -0.1) is 11.3 Å². The van der Waals surface area contributed by atoms with Crippen molar-refractivity contribution in [1.82, 2.24) is 15.6 Å². The van der Waals surface area contributed by atoms with Gasteiger partial charge >= 0.3 is 12.1 Å². The number of cyclic esters (lactones) is 1. The second-order valence-corrected chi connectivity index (χ2v) is 8.82. The van der Waals surface area contributed by atoms with Crippen molar-refractivity contribution < 1.29 is 34.4 Å². The van der Waals surface area contributed by atoms with Crippen LogP contribution in [0.1, 0.15) is 38.2 Å². The minimum atomic E-state index is -1.45. The number of carbonyl (C=O) groups is 3. The third kappa shape index (κ3) is 5.20. The van der Waals surface area contributed by atoms with E-state index in [1.54, 1.807) is 0 Å². The number of aryl methyl sites for hydroxylation is 1. The largest absolute Gasteiger partial charge is 0.508 e. The molecule has 1 aliphatic rings. The molecule has 10 nitrogen and oxygen atoms in total. The Kier molecular flexibility index (Phi) is 6.91. The molecule has 0 aliphatic carbocycles. The van der Waals surface area contributed by atoms with Crippen molar-refractivity contribution in [3.8, 4) is 11.5 Å². The minimum Gasteiger partial charge on any atom is -0.508 e. The number of hydrogen-bond donors (Lipinski definition) is 5. The molecule has 31 heavy (non-hydrogen) atoms. The van der Waals surface area contributed by atoms with Crippen molar-refractivity contribution >= 4 is 41.1 Å². The van der Waals surface area contributed by atoms with E-state index in [9.17, 15) is 24.6 Å². The summed E-state index contributed by atoms with van der Waals surface area (Å²) in [5.74, 6) is -1.51. The number of thioether (sulfide) groups is 1. The summed E-state index contributed by atoms with van der Waals surface area (Å²) in [5, 5.41) is 36.7. The second-order valence-electron chi connectivity index (χ2n) is 6.90. The fraction of sp³-hybridized carbons (Fsp3) is 0.368. The summed E-state index contributed by atoms with van der Waals surface area (Å²) >= 11 is 2.70. The van der Waals surface area contributed by atoms with Gasteiger partial charge in [0, 0.05) is 39.8 Å². The molecule has 166 valence electrons. The van der Waals surface area contributed by atoms with Gasteiger partial charge in [0.1, 0.15) is 29.2 Å². The minimum absolute atomic E-state index is 0.0123. The predicted octanol–water partition coefficient (Wildman–Crippen LogP) is 2.07. The molecule has 0 fully saturated rings. The summed E-state index contributed by atoms with van der Waals surface area (Å²) in [6.45, 7) is 2.76. The van der Waals surface area contributed by atoms with Gasteiger partial charge in [-0.1, -0.05) is 0 Å². The van der Waals surface area contributed by atoms with Crippen LogP contribution in [0.25, 0.3) is 0 Å². The number of thiazole rings is 1. The smallest absolute Gasteiger partial charge is 0.405 e. The van der Waals surface area contributed by atoms with E-state index < -0.39 is 36.7 Å². The molecule has 12 heteroatoms. The Morgan fingerprint density at radius 3 is 2.68 bits per heavy atom. The molecule has 5 N–H and O–H groups in total. The molecule has 0 bridgehead atoms. The van der Waals surface area contributed by atoms with E-state index in [2.05, 4.69) is 10.3 Å². The fourth-order valence-corrected chi connectivity index (χ4v) is 5.09. The van der Waals surface area contributed by atoms with E-state index in [0.29, 0.717) is 10.8 Å². The van der Waals surface area contributed by atoms with Crippen LogP contribution < -0.4 is 10.6 Å². The predicted molar refractivity (Wildman–Crippen MR) is 114 cm³/mol. The lowest BCUT2D eigenvalue weighted by Gasteiger charge is -2.23. The van der Waals surface area contributed by atoms with E-state index >= 15 is 0 Å². The summed E-state index contributed by atoms with van der Waals surface area (Å²) in [6, 6.07) is -0.719. The number of amides is 2. The number of carbonyl (C=O) groups excluding carboxylic acids is 2. The number of rotatable bonds is 2. The number of aromatic hydroxyl groups is 2. The van der Waals surface area contributed by atoms with Gasteiger partial charge in [0.15, 0.2) is 0 Å². The van der Waals surface area contributed by atoms with E-state index in [1.165, 1.54) is 30.0 Å². The normalized spacial score (nSPS) is 19.9. The van der Waals surface area contributed by atoms with Crippen molar-refractivity contribution in [2.75, 3.05) is 12.4 Å². The number of ether oxygens (including phenoxy) is 1. The van der Waals surface area contributed by atoms with Crippen LogP contribution in [-0.2, 0) is 15.3 Å². The first-order chi connectivity index (χ1) is 14.7. The highest BCUT2D eigenvalue weighted by molar-refractivity contribution is 7.98. The summed E-state index contributed by atoms with van der Waals surface area (Å²) in [6.07, 6.45) is -1.45. The molecule has 1 aromatic heterocycles. The van der Waals surface area contributed by atoms with Crippen molar-refractivity contribution in [3.05, 3.63) is 38.8 Å². The number of fused-ring (bicyclic) bond motifs is 1. The molecule has 2 amide bonds. The van der Waals surface area contributed by atoms with Gasteiger partial charge in [-0.2, -0.15) is 11.8 Å². The molecule has 2 atom stereocenters. The molecule has 0 saturated heterocycles. The molecule has 2 heterocycles. The molecule has 0 saturated carbocycles. The lowest BCUT2D eigenvalue weighted by Crippen LogP contribution is -2.50. The number of nitrogens with zero attached hydrogens (tertiary/aromatic N) is 1. The highest BCUT2D eigenvalue weighted by Crippen LogP contribution is 2.36. The number of benzene rings is 1. The monoisotopic (exact) mass is 467 g/mol. The first kappa shape index (κ1) is 22.7. The summed E-state index contributed by atoms with van der Waals surface area (Å²) in [7, 11) is 0. The van der Waals surface area contributed by atoms with E-state index in [1.807, 2.05) is 17.6 Å². The molecule has 0 radical (unpaired) electrons. The number of esters is 1. The SMILES string of the molecule is Cc1csc([C@H]2CSCc3c(O)cc(O)c(C)c3C(=O)OC[C@H](NC(=O)O)C(=O)N2)n1. The first-order valence-corrected chi connectivity index (χ1v) is 11.2. The Morgan fingerprint density at radius 1 is 1.29 bits per heavy atom. The lowest BCUT2D eigenvalue weighted by atomic mass is 10.0. The Hall–Kier alpha value is -2.99. The maximum Gasteiger partial charge on any atom is 0.405 e. The van der Waals surface area contributed by atoms with Crippen LogP contribution in [-0.4, -0.2) is 56.7 Å². The van der Waals surface area contributed by atoms with Gasteiger partial charge in [-0.05, 0) is 13.8 Å². The second kappa shape index (κ2) is 9.43. The Labute approximate surface area is 185 Å². The van der Waals surface area contributed by atoms with Crippen LogP contribution in [0.4, 0.5) is 4.79 Å². The fourth-order valence-electron chi connectivity index (χ4n) is 3.05. The van der Waals surface area contributed by atoms with Crippen LogP contribution >= 0.6 is 23.1 Å². The van der Waals surface area contributed by atoms with E-state index in [0.717, 1.165) is 11.8 Å². The van der Waals surface area contributed by atoms with Crippen LogP contribution in [0.3, 0.4) is 0 Å².